The van der Waals surface area contributed by atoms with Gasteiger partial charge in [-0.2, -0.15) is 0 Å². The van der Waals surface area contributed by atoms with E-state index in [9.17, 15) is 14.9 Å². The molecule has 2 aromatic rings. The standard InChI is InChI=1S/C17H15ClN2O5/c1-10(11-2-5-15-16(8-11)25-7-6-24-15)19-17(21)13-9-12(18)3-4-14(13)20(22)23/h2-5,8-10H,6-7H2,1H3,(H,19,21). The Morgan fingerprint density at radius 3 is 2.64 bits per heavy atom. The van der Waals surface area contributed by atoms with Gasteiger partial charge in [0, 0.05) is 11.1 Å². The number of fused-ring (bicyclic) bond motifs is 1. The molecule has 2 aromatic carbocycles. The van der Waals surface area contributed by atoms with E-state index in [-0.39, 0.29) is 22.3 Å². The maximum Gasteiger partial charge on any atom is 0.282 e. The number of halogens is 1. The number of rotatable bonds is 4. The van der Waals surface area contributed by atoms with E-state index in [0.29, 0.717) is 24.7 Å². The van der Waals surface area contributed by atoms with Crippen molar-refractivity contribution in [2.45, 2.75) is 13.0 Å². The minimum absolute atomic E-state index is 0.0816. The molecule has 1 N–H and O–H groups in total. The van der Waals surface area contributed by atoms with Crippen molar-refractivity contribution in [3.05, 3.63) is 62.7 Å². The van der Waals surface area contributed by atoms with E-state index in [1.54, 1.807) is 19.1 Å². The van der Waals surface area contributed by atoms with Gasteiger partial charge in [0.15, 0.2) is 11.5 Å². The lowest BCUT2D eigenvalue weighted by Crippen LogP contribution is -2.27. The Labute approximate surface area is 148 Å². The Bertz CT molecular complexity index is 840. The van der Waals surface area contributed by atoms with Gasteiger partial charge in [-0.1, -0.05) is 17.7 Å². The van der Waals surface area contributed by atoms with Crippen LogP contribution in [0.4, 0.5) is 5.69 Å². The van der Waals surface area contributed by atoms with Gasteiger partial charge < -0.3 is 14.8 Å². The summed E-state index contributed by atoms with van der Waals surface area (Å²) in [5.74, 6) is 0.689. The predicted octanol–water partition coefficient (Wildman–Crippen LogP) is 3.51. The molecule has 130 valence electrons. The predicted molar refractivity (Wildman–Crippen MR) is 91.4 cm³/mol. The molecule has 1 aliphatic rings. The molecule has 0 aliphatic carbocycles. The van der Waals surface area contributed by atoms with Crippen LogP contribution in [-0.4, -0.2) is 24.0 Å². The van der Waals surface area contributed by atoms with E-state index in [2.05, 4.69) is 5.32 Å². The second kappa shape index (κ2) is 6.98. The van der Waals surface area contributed by atoms with Gasteiger partial charge in [-0.3, -0.25) is 14.9 Å². The zero-order chi connectivity index (χ0) is 18.0. The maximum atomic E-state index is 12.5. The van der Waals surface area contributed by atoms with Crippen LogP contribution in [0.1, 0.15) is 28.9 Å². The number of hydrogen-bond acceptors (Lipinski definition) is 5. The summed E-state index contributed by atoms with van der Waals surface area (Å²) >= 11 is 5.87. The Morgan fingerprint density at radius 1 is 1.20 bits per heavy atom. The first-order valence-corrected chi connectivity index (χ1v) is 7.98. The molecule has 0 fully saturated rings. The molecular weight excluding hydrogens is 348 g/mol. The third-order valence-corrected chi connectivity index (χ3v) is 4.05. The number of nitrogens with one attached hydrogen (secondary N) is 1. The van der Waals surface area contributed by atoms with Crippen molar-refractivity contribution < 1.29 is 19.2 Å². The van der Waals surface area contributed by atoms with Gasteiger partial charge in [-0.25, -0.2) is 0 Å². The third kappa shape index (κ3) is 3.66. The summed E-state index contributed by atoms with van der Waals surface area (Å²) in [6.07, 6.45) is 0. The quantitative estimate of drug-likeness (QED) is 0.663. The minimum atomic E-state index is -0.611. The van der Waals surface area contributed by atoms with Crippen molar-refractivity contribution in [2.75, 3.05) is 13.2 Å². The van der Waals surface area contributed by atoms with E-state index in [1.807, 2.05) is 6.07 Å². The van der Waals surface area contributed by atoms with Gasteiger partial charge in [0.2, 0.25) is 0 Å². The SMILES string of the molecule is CC(NC(=O)c1cc(Cl)ccc1[N+](=O)[O-])c1ccc2c(c1)OCCO2. The van der Waals surface area contributed by atoms with Gasteiger partial charge in [-0.05, 0) is 36.8 Å². The number of carbonyl (C=O) groups is 1. The highest BCUT2D eigenvalue weighted by molar-refractivity contribution is 6.31. The Hall–Kier alpha value is -2.80. The molecule has 1 atom stereocenters. The lowest BCUT2D eigenvalue weighted by molar-refractivity contribution is -0.385. The van der Waals surface area contributed by atoms with E-state index < -0.39 is 10.8 Å². The third-order valence-electron chi connectivity index (χ3n) is 3.81. The summed E-state index contributed by atoms with van der Waals surface area (Å²) in [4.78, 5) is 23.0. The number of amides is 1. The molecule has 0 aromatic heterocycles. The monoisotopic (exact) mass is 362 g/mol. The highest BCUT2D eigenvalue weighted by Crippen LogP contribution is 2.33. The zero-order valence-electron chi connectivity index (χ0n) is 13.3. The summed E-state index contributed by atoms with van der Waals surface area (Å²) < 4.78 is 11.0. The van der Waals surface area contributed by atoms with E-state index in [0.717, 1.165) is 5.56 Å². The van der Waals surface area contributed by atoms with Crippen molar-refractivity contribution >= 4 is 23.2 Å². The summed E-state index contributed by atoms with van der Waals surface area (Å²) in [5.41, 5.74) is 0.417. The number of carbonyl (C=O) groups excluding carboxylic acids is 1. The summed E-state index contributed by atoms with van der Waals surface area (Å²) in [5, 5.41) is 14.1. The van der Waals surface area contributed by atoms with Crippen LogP contribution in [0.3, 0.4) is 0 Å². The average Bonchev–Trinajstić information content (AvgIpc) is 2.60. The first kappa shape index (κ1) is 17.0. The molecule has 0 spiro atoms. The van der Waals surface area contributed by atoms with Gasteiger partial charge in [0.25, 0.3) is 11.6 Å². The zero-order valence-corrected chi connectivity index (χ0v) is 14.1. The minimum Gasteiger partial charge on any atom is -0.486 e. The van der Waals surface area contributed by atoms with Crippen LogP contribution in [0.5, 0.6) is 11.5 Å². The molecule has 0 bridgehead atoms. The van der Waals surface area contributed by atoms with Crippen LogP contribution in [0.15, 0.2) is 36.4 Å². The van der Waals surface area contributed by atoms with E-state index in [1.165, 1.54) is 18.2 Å². The summed E-state index contributed by atoms with van der Waals surface area (Å²) in [6.45, 7) is 2.74. The van der Waals surface area contributed by atoms with Crippen LogP contribution in [0.25, 0.3) is 0 Å². The van der Waals surface area contributed by atoms with Gasteiger partial charge in [0.05, 0.1) is 11.0 Å². The number of nitro benzene ring substituents is 1. The number of nitro groups is 1. The molecule has 1 amide bonds. The molecule has 0 saturated carbocycles. The largest absolute Gasteiger partial charge is 0.486 e. The van der Waals surface area contributed by atoms with Crippen molar-refractivity contribution in [1.82, 2.24) is 5.32 Å². The van der Waals surface area contributed by atoms with Crippen LogP contribution in [-0.2, 0) is 0 Å². The number of ether oxygens (including phenoxy) is 2. The molecular formula is C17H15ClN2O5. The fourth-order valence-corrected chi connectivity index (χ4v) is 2.71. The fourth-order valence-electron chi connectivity index (χ4n) is 2.54. The van der Waals surface area contributed by atoms with Crippen molar-refractivity contribution in [3.63, 3.8) is 0 Å². The molecule has 1 heterocycles. The number of benzene rings is 2. The van der Waals surface area contributed by atoms with E-state index in [4.69, 9.17) is 21.1 Å². The Balaban J connectivity index is 1.81. The highest BCUT2D eigenvalue weighted by atomic mass is 35.5. The molecule has 25 heavy (non-hydrogen) atoms. The van der Waals surface area contributed by atoms with E-state index >= 15 is 0 Å². The molecule has 1 aliphatic heterocycles. The molecule has 0 radical (unpaired) electrons. The normalized spacial score (nSPS) is 13.8. The number of hydrogen-bond donors (Lipinski definition) is 1. The first-order chi connectivity index (χ1) is 12.0. The van der Waals surface area contributed by atoms with Crippen LogP contribution in [0, 0.1) is 10.1 Å². The topological polar surface area (TPSA) is 90.7 Å². The van der Waals surface area contributed by atoms with Gasteiger partial charge in [-0.15, -0.1) is 0 Å². The lowest BCUT2D eigenvalue weighted by Gasteiger charge is -2.21. The Morgan fingerprint density at radius 2 is 1.92 bits per heavy atom. The first-order valence-electron chi connectivity index (χ1n) is 7.60. The average molecular weight is 363 g/mol. The van der Waals surface area contributed by atoms with Crippen molar-refractivity contribution in [1.29, 1.82) is 0 Å². The smallest absolute Gasteiger partial charge is 0.282 e. The summed E-state index contributed by atoms with van der Waals surface area (Å²) in [6, 6.07) is 8.85. The van der Waals surface area contributed by atoms with Crippen molar-refractivity contribution in [2.24, 2.45) is 0 Å². The van der Waals surface area contributed by atoms with Crippen LogP contribution < -0.4 is 14.8 Å². The molecule has 1 unspecified atom stereocenters. The second-order valence-corrected chi connectivity index (χ2v) is 5.95. The second-order valence-electron chi connectivity index (χ2n) is 5.52. The van der Waals surface area contributed by atoms with Crippen LogP contribution in [0.2, 0.25) is 5.02 Å². The fraction of sp³-hybridized carbons (Fsp3) is 0.235. The molecule has 8 heteroatoms. The molecule has 3 rings (SSSR count). The molecule has 7 nitrogen and oxygen atoms in total. The van der Waals surface area contributed by atoms with Crippen molar-refractivity contribution in [3.8, 4) is 11.5 Å². The molecule has 0 saturated heterocycles. The Kier molecular flexibility index (Phi) is 4.76. The van der Waals surface area contributed by atoms with Gasteiger partial charge in [0.1, 0.15) is 18.8 Å². The maximum absolute atomic E-state index is 12.5. The highest BCUT2D eigenvalue weighted by Gasteiger charge is 2.23. The number of nitrogens with zero attached hydrogens (tertiary/aromatic N) is 1. The lowest BCUT2D eigenvalue weighted by atomic mass is 10.1. The summed E-state index contributed by atoms with van der Waals surface area (Å²) in [7, 11) is 0. The van der Waals surface area contributed by atoms with Crippen LogP contribution >= 0.6 is 11.6 Å². The van der Waals surface area contributed by atoms with Gasteiger partial charge >= 0.3 is 0 Å².